The summed E-state index contributed by atoms with van der Waals surface area (Å²) in [7, 11) is 0. The van der Waals surface area contributed by atoms with Crippen LogP contribution in [-0.4, -0.2) is 23.6 Å². The maximum atomic E-state index is 11.3. The second-order valence-corrected chi connectivity index (χ2v) is 3.73. The number of hydrogen-bond acceptors (Lipinski definition) is 4. The Hall–Kier alpha value is -1.41. The number of carbonyl (C=O) groups is 1. The number of hydrogen-bond donors (Lipinski definition) is 0. The predicted molar refractivity (Wildman–Crippen MR) is 59.6 cm³/mol. The summed E-state index contributed by atoms with van der Waals surface area (Å²) < 4.78 is 4.74. The van der Waals surface area contributed by atoms with Crippen molar-refractivity contribution in [3.05, 3.63) is 23.4 Å². The third-order valence-electron chi connectivity index (χ3n) is 1.64. The fraction of sp³-hybridized carbons (Fsp3) is 0.300. The van der Waals surface area contributed by atoms with Crippen LogP contribution in [0.25, 0.3) is 0 Å². The molecule has 0 aliphatic carbocycles. The van der Waals surface area contributed by atoms with E-state index in [-0.39, 0.29) is 17.0 Å². The van der Waals surface area contributed by atoms with E-state index in [0.29, 0.717) is 5.70 Å². The molecule has 1 unspecified atom stereocenters. The van der Waals surface area contributed by atoms with Crippen molar-refractivity contribution in [3.63, 3.8) is 0 Å². The zero-order valence-corrected chi connectivity index (χ0v) is 9.69. The number of carbonyl (C=O) groups excluding carboxylic acids is 1. The molecular weight excluding hydrogens is 260 g/mol. The van der Waals surface area contributed by atoms with Gasteiger partial charge in [-0.25, -0.2) is 4.79 Å². The minimum Gasteiger partial charge on any atom is -0.462 e. The van der Waals surface area contributed by atoms with E-state index in [1.807, 2.05) is 0 Å². The van der Waals surface area contributed by atoms with Crippen molar-refractivity contribution in [2.24, 2.45) is 4.99 Å². The number of dihydropyridines is 1. The average Bonchev–Trinajstić information content (AvgIpc) is 2.22. The van der Waals surface area contributed by atoms with Gasteiger partial charge in [0.2, 0.25) is 0 Å². The number of rotatable bonds is 2. The highest BCUT2D eigenvalue weighted by Crippen LogP contribution is 2.15. The first-order valence-corrected chi connectivity index (χ1v) is 5.28. The van der Waals surface area contributed by atoms with Gasteiger partial charge >= 0.3 is 5.97 Å². The summed E-state index contributed by atoms with van der Waals surface area (Å²) >= 11 is 3.30. The molecule has 0 radical (unpaired) electrons. The summed E-state index contributed by atoms with van der Waals surface area (Å²) in [6.45, 7) is 1.93. The number of esters is 1. The fourth-order valence-electron chi connectivity index (χ4n) is 0.986. The van der Waals surface area contributed by atoms with Gasteiger partial charge in [-0.2, -0.15) is 5.26 Å². The molecule has 5 heteroatoms. The molecule has 1 rings (SSSR count). The highest BCUT2D eigenvalue weighted by atomic mass is 79.9. The summed E-state index contributed by atoms with van der Waals surface area (Å²) in [5, 5.41) is 8.81. The van der Waals surface area contributed by atoms with E-state index in [0.717, 1.165) is 0 Å². The lowest BCUT2D eigenvalue weighted by atomic mass is 10.2. The molecule has 78 valence electrons. The highest BCUT2D eigenvalue weighted by molar-refractivity contribution is 9.10. The van der Waals surface area contributed by atoms with Crippen LogP contribution in [0.1, 0.15) is 6.92 Å². The number of halogens is 1. The van der Waals surface area contributed by atoms with Gasteiger partial charge in [-0.1, -0.05) is 22.0 Å². The third kappa shape index (κ3) is 3.03. The van der Waals surface area contributed by atoms with Gasteiger partial charge in [0, 0.05) is 6.21 Å². The van der Waals surface area contributed by atoms with E-state index in [9.17, 15) is 4.79 Å². The summed E-state index contributed by atoms with van der Waals surface area (Å²) in [6, 6.07) is 1.80. The molecule has 0 saturated carbocycles. The van der Waals surface area contributed by atoms with Gasteiger partial charge in [-0.15, -0.1) is 0 Å². The minimum absolute atomic E-state index is 0.0448. The van der Waals surface area contributed by atoms with Crippen LogP contribution >= 0.6 is 15.9 Å². The van der Waals surface area contributed by atoms with Crippen molar-refractivity contribution >= 4 is 28.1 Å². The van der Waals surface area contributed by atoms with Gasteiger partial charge in [0.05, 0.1) is 17.1 Å². The lowest BCUT2D eigenvalue weighted by Gasteiger charge is -2.06. The second-order valence-electron chi connectivity index (χ2n) is 2.67. The average molecular weight is 269 g/mol. The Kier molecular flexibility index (Phi) is 4.25. The number of aliphatic imine (C=N–C) groups is 1. The van der Waals surface area contributed by atoms with Gasteiger partial charge in [0.25, 0.3) is 0 Å². The molecule has 1 atom stereocenters. The number of allylic oxidation sites excluding steroid dienone is 2. The van der Waals surface area contributed by atoms with E-state index in [4.69, 9.17) is 10.00 Å². The highest BCUT2D eigenvalue weighted by Gasteiger charge is 2.16. The summed E-state index contributed by atoms with van der Waals surface area (Å²) in [5.41, 5.74) is 0.274. The van der Waals surface area contributed by atoms with Gasteiger partial charge in [-0.05, 0) is 13.0 Å². The Bertz CT molecular complexity index is 375. The Labute approximate surface area is 96.1 Å². The number of nitriles is 1. The van der Waals surface area contributed by atoms with Crippen LogP contribution < -0.4 is 0 Å². The van der Waals surface area contributed by atoms with Crippen molar-refractivity contribution in [3.8, 4) is 6.07 Å². The van der Waals surface area contributed by atoms with Gasteiger partial charge in [-0.3, -0.25) is 4.99 Å². The standard InChI is InChI=1S/C10H9BrN2O2/c1-2-15-10(14)8(5-12)9-4-3-7(11)6-13-9/h3-4,6-7H,2H2,1H3/b9-8-. The van der Waals surface area contributed by atoms with Crippen molar-refractivity contribution in [2.75, 3.05) is 6.61 Å². The van der Waals surface area contributed by atoms with E-state index >= 15 is 0 Å². The summed E-state index contributed by atoms with van der Waals surface area (Å²) in [6.07, 6.45) is 5.01. The monoisotopic (exact) mass is 268 g/mol. The smallest absolute Gasteiger partial charge is 0.351 e. The van der Waals surface area contributed by atoms with E-state index < -0.39 is 5.97 Å². The maximum Gasteiger partial charge on any atom is 0.351 e. The first-order valence-electron chi connectivity index (χ1n) is 4.37. The van der Waals surface area contributed by atoms with Gasteiger partial charge in [0.15, 0.2) is 5.57 Å². The van der Waals surface area contributed by atoms with Crippen molar-refractivity contribution in [1.29, 1.82) is 5.26 Å². The number of alkyl halides is 1. The van der Waals surface area contributed by atoms with Crippen LogP contribution in [0, 0.1) is 11.3 Å². The summed E-state index contributed by atoms with van der Waals surface area (Å²) in [5.74, 6) is -0.634. The predicted octanol–water partition coefficient (Wildman–Crippen LogP) is 1.73. The molecule has 15 heavy (non-hydrogen) atoms. The molecule has 0 aromatic rings. The molecular formula is C10H9BrN2O2. The van der Waals surface area contributed by atoms with Crippen molar-refractivity contribution in [2.45, 2.75) is 11.8 Å². The lowest BCUT2D eigenvalue weighted by Crippen LogP contribution is -2.10. The van der Waals surface area contributed by atoms with Crippen molar-refractivity contribution in [1.82, 2.24) is 0 Å². The molecule has 0 spiro atoms. The van der Waals surface area contributed by atoms with Crippen LogP contribution in [0.5, 0.6) is 0 Å². The maximum absolute atomic E-state index is 11.3. The first kappa shape index (κ1) is 11.7. The topological polar surface area (TPSA) is 62.5 Å². The number of ether oxygens (including phenoxy) is 1. The molecule has 0 aromatic carbocycles. The zero-order chi connectivity index (χ0) is 11.3. The van der Waals surface area contributed by atoms with Crippen LogP contribution in [0.2, 0.25) is 0 Å². The molecule has 1 heterocycles. The molecule has 0 aromatic heterocycles. The molecule has 0 amide bonds. The SMILES string of the molecule is CCOC(=O)/C(C#N)=C1/C=CC(Br)C=N1. The normalized spacial score (nSPS) is 22.1. The fourth-order valence-corrected chi connectivity index (χ4v) is 1.26. The molecule has 0 bridgehead atoms. The molecule has 0 saturated heterocycles. The van der Waals surface area contributed by atoms with Crippen molar-refractivity contribution < 1.29 is 9.53 Å². The van der Waals surface area contributed by atoms with Gasteiger partial charge < -0.3 is 4.74 Å². The Morgan fingerprint density at radius 1 is 1.80 bits per heavy atom. The Morgan fingerprint density at radius 2 is 2.53 bits per heavy atom. The minimum atomic E-state index is -0.634. The third-order valence-corrected chi connectivity index (χ3v) is 2.18. The quantitative estimate of drug-likeness (QED) is 0.332. The van der Waals surface area contributed by atoms with E-state index in [2.05, 4.69) is 20.9 Å². The van der Waals surface area contributed by atoms with Crippen LogP contribution in [0.15, 0.2) is 28.4 Å². The van der Waals surface area contributed by atoms with Crippen LogP contribution in [0.4, 0.5) is 0 Å². The van der Waals surface area contributed by atoms with E-state index in [1.165, 1.54) is 0 Å². The molecule has 1 aliphatic heterocycles. The molecule has 4 nitrogen and oxygen atoms in total. The zero-order valence-electron chi connectivity index (χ0n) is 8.11. The number of nitrogens with zero attached hydrogens (tertiary/aromatic N) is 2. The summed E-state index contributed by atoms with van der Waals surface area (Å²) in [4.78, 5) is 15.4. The Balaban J connectivity index is 2.96. The molecule has 0 N–H and O–H groups in total. The lowest BCUT2D eigenvalue weighted by molar-refractivity contribution is -0.138. The molecule has 0 fully saturated rings. The van der Waals surface area contributed by atoms with Crippen LogP contribution in [0.3, 0.4) is 0 Å². The van der Waals surface area contributed by atoms with Crippen LogP contribution in [-0.2, 0) is 9.53 Å². The molecule has 1 aliphatic rings. The van der Waals surface area contributed by atoms with E-state index in [1.54, 1.807) is 31.4 Å². The Morgan fingerprint density at radius 3 is 3.00 bits per heavy atom. The van der Waals surface area contributed by atoms with Gasteiger partial charge in [0.1, 0.15) is 6.07 Å². The largest absolute Gasteiger partial charge is 0.462 e. The second kappa shape index (κ2) is 5.47. The first-order chi connectivity index (χ1) is 7.19.